The van der Waals surface area contributed by atoms with Crippen molar-refractivity contribution in [2.45, 2.75) is 12.5 Å². The van der Waals surface area contributed by atoms with Gasteiger partial charge in [-0.15, -0.1) is 5.10 Å². The van der Waals surface area contributed by atoms with E-state index in [-0.39, 0.29) is 12.5 Å². The van der Waals surface area contributed by atoms with Gasteiger partial charge in [0.05, 0.1) is 18.5 Å². The largest absolute Gasteiger partial charge is 0.495 e. The van der Waals surface area contributed by atoms with Gasteiger partial charge in [-0.25, -0.2) is 9.48 Å². The van der Waals surface area contributed by atoms with Gasteiger partial charge >= 0.3 is 6.03 Å². The van der Waals surface area contributed by atoms with Crippen molar-refractivity contribution < 1.29 is 19.1 Å². The molecule has 2 fully saturated rings. The Morgan fingerprint density at radius 3 is 2.58 bits per heavy atom. The standard InChI is InChI=1S/C24H26N8O4/c1-24(17-6-5-7-18(14-17)32-16-25-27-28-32)22(34)31(23(35)26-24)15-21(33)30-12-10-29(11-13-30)19-8-3-4-9-20(19)36-2/h3-9,14,16H,10-13,15H2,1-2H3,(H,26,35)/t24-/m1/s1. The van der Waals surface area contributed by atoms with Crippen molar-refractivity contribution in [3.05, 3.63) is 60.4 Å². The molecule has 3 aromatic rings. The molecule has 1 atom stereocenters. The summed E-state index contributed by atoms with van der Waals surface area (Å²) in [6, 6.07) is 14.2. The van der Waals surface area contributed by atoms with Gasteiger partial charge in [0.1, 0.15) is 24.2 Å². The number of rotatable bonds is 6. The predicted molar refractivity (Wildman–Crippen MR) is 129 cm³/mol. The smallest absolute Gasteiger partial charge is 0.325 e. The third-order valence-corrected chi connectivity index (χ3v) is 6.66. The summed E-state index contributed by atoms with van der Waals surface area (Å²) in [6.07, 6.45) is 1.44. The maximum Gasteiger partial charge on any atom is 0.325 e. The first kappa shape index (κ1) is 23.3. The van der Waals surface area contributed by atoms with Crippen molar-refractivity contribution in [3.63, 3.8) is 0 Å². The quantitative estimate of drug-likeness (QED) is 0.503. The highest BCUT2D eigenvalue weighted by molar-refractivity contribution is 6.09. The fraction of sp³-hybridized carbons (Fsp3) is 0.333. The average Bonchev–Trinajstić information content (AvgIpc) is 3.53. The average molecular weight is 491 g/mol. The Hall–Kier alpha value is -4.48. The summed E-state index contributed by atoms with van der Waals surface area (Å²) in [5.41, 5.74) is 0.863. The summed E-state index contributed by atoms with van der Waals surface area (Å²) in [6.45, 7) is 3.50. The number of imide groups is 1. The topological polar surface area (TPSA) is 126 Å². The molecule has 1 aromatic heterocycles. The number of piperazine rings is 1. The van der Waals surface area contributed by atoms with Gasteiger partial charge in [-0.3, -0.25) is 14.5 Å². The molecule has 36 heavy (non-hydrogen) atoms. The molecule has 12 heteroatoms. The molecule has 0 unspecified atom stereocenters. The summed E-state index contributed by atoms with van der Waals surface area (Å²) in [4.78, 5) is 44.0. The van der Waals surface area contributed by atoms with Gasteiger partial charge in [0.15, 0.2) is 0 Å². The van der Waals surface area contributed by atoms with Gasteiger partial charge in [0.2, 0.25) is 5.91 Å². The first-order chi connectivity index (χ1) is 17.4. The van der Waals surface area contributed by atoms with E-state index in [1.807, 2.05) is 24.3 Å². The Kier molecular flexibility index (Phi) is 6.00. The number of ether oxygens (including phenoxy) is 1. The Balaban J connectivity index is 1.25. The summed E-state index contributed by atoms with van der Waals surface area (Å²) < 4.78 is 6.91. The number of methoxy groups -OCH3 is 1. The van der Waals surface area contributed by atoms with Gasteiger partial charge in [0.25, 0.3) is 5.91 Å². The number of para-hydroxylation sites is 2. The van der Waals surface area contributed by atoms with E-state index < -0.39 is 17.5 Å². The van der Waals surface area contributed by atoms with Crippen LogP contribution in [-0.4, -0.2) is 87.7 Å². The van der Waals surface area contributed by atoms with Crippen molar-refractivity contribution in [1.82, 2.24) is 35.3 Å². The highest BCUT2D eigenvalue weighted by Crippen LogP contribution is 2.31. The van der Waals surface area contributed by atoms with E-state index in [0.29, 0.717) is 37.4 Å². The number of hydrogen-bond donors (Lipinski definition) is 1. The van der Waals surface area contributed by atoms with E-state index >= 15 is 0 Å². The number of anilines is 1. The normalized spacial score (nSPS) is 20.0. The van der Waals surface area contributed by atoms with Gasteiger partial charge in [-0.05, 0) is 47.2 Å². The number of nitrogens with zero attached hydrogens (tertiary/aromatic N) is 7. The van der Waals surface area contributed by atoms with Crippen LogP contribution in [-0.2, 0) is 15.1 Å². The lowest BCUT2D eigenvalue weighted by Gasteiger charge is -2.37. The van der Waals surface area contributed by atoms with Crippen LogP contribution in [0.1, 0.15) is 12.5 Å². The van der Waals surface area contributed by atoms with Crippen LogP contribution in [0.4, 0.5) is 10.5 Å². The lowest BCUT2D eigenvalue weighted by Crippen LogP contribution is -2.52. The molecular weight excluding hydrogens is 464 g/mol. The first-order valence-electron chi connectivity index (χ1n) is 11.5. The van der Waals surface area contributed by atoms with E-state index in [1.54, 1.807) is 43.2 Å². The molecule has 0 bridgehead atoms. The van der Waals surface area contributed by atoms with Crippen LogP contribution < -0.4 is 15.0 Å². The molecule has 5 rings (SSSR count). The Bertz CT molecular complexity index is 1290. The number of benzene rings is 2. The summed E-state index contributed by atoms with van der Waals surface area (Å²) in [5, 5.41) is 13.9. The monoisotopic (exact) mass is 490 g/mol. The molecular formula is C24H26N8O4. The van der Waals surface area contributed by atoms with Crippen LogP contribution in [0.15, 0.2) is 54.9 Å². The number of hydrogen-bond acceptors (Lipinski definition) is 8. The summed E-state index contributed by atoms with van der Waals surface area (Å²) >= 11 is 0. The Morgan fingerprint density at radius 2 is 1.86 bits per heavy atom. The zero-order valence-electron chi connectivity index (χ0n) is 20.0. The third kappa shape index (κ3) is 4.10. The van der Waals surface area contributed by atoms with Gasteiger partial charge in [0, 0.05) is 26.2 Å². The molecule has 0 radical (unpaired) electrons. The Morgan fingerprint density at radius 1 is 1.08 bits per heavy atom. The van der Waals surface area contributed by atoms with E-state index in [1.165, 1.54) is 11.0 Å². The van der Waals surface area contributed by atoms with Gasteiger partial charge in [-0.1, -0.05) is 24.3 Å². The van der Waals surface area contributed by atoms with Crippen LogP contribution in [0.25, 0.3) is 5.69 Å². The second-order valence-electron chi connectivity index (χ2n) is 8.79. The number of carbonyl (C=O) groups excluding carboxylic acids is 3. The van der Waals surface area contributed by atoms with E-state index in [0.717, 1.165) is 16.3 Å². The minimum absolute atomic E-state index is 0.273. The number of amides is 4. The minimum atomic E-state index is -1.32. The molecule has 2 aliphatic heterocycles. The van der Waals surface area contributed by atoms with E-state index in [9.17, 15) is 14.4 Å². The fourth-order valence-corrected chi connectivity index (χ4v) is 4.60. The molecule has 0 spiro atoms. The van der Waals surface area contributed by atoms with E-state index in [4.69, 9.17) is 4.74 Å². The predicted octanol–water partition coefficient (Wildman–Crippen LogP) is 0.787. The third-order valence-electron chi connectivity index (χ3n) is 6.66. The van der Waals surface area contributed by atoms with Crippen molar-refractivity contribution >= 4 is 23.5 Å². The second-order valence-corrected chi connectivity index (χ2v) is 8.79. The number of urea groups is 1. The SMILES string of the molecule is COc1ccccc1N1CCN(C(=O)CN2C(=O)N[C@](C)(c3cccc(-n4cnnn4)c3)C2=O)CC1. The van der Waals surface area contributed by atoms with Gasteiger partial charge < -0.3 is 19.9 Å². The van der Waals surface area contributed by atoms with Crippen LogP contribution in [0.3, 0.4) is 0 Å². The van der Waals surface area contributed by atoms with E-state index in [2.05, 4.69) is 25.7 Å². The molecule has 0 aliphatic carbocycles. The van der Waals surface area contributed by atoms with Crippen LogP contribution in [0, 0.1) is 0 Å². The molecule has 0 saturated carbocycles. The molecule has 3 heterocycles. The van der Waals surface area contributed by atoms with Crippen LogP contribution in [0.2, 0.25) is 0 Å². The second kappa shape index (κ2) is 9.29. The first-order valence-corrected chi connectivity index (χ1v) is 11.5. The highest BCUT2D eigenvalue weighted by atomic mass is 16.5. The summed E-state index contributed by atoms with van der Waals surface area (Å²) in [7, 11) is 1.63. The van der Waals surface area contributed by atoms with Gasteiger partial charge in [-0.2, -0.15) is 0 Å². The number of carbonyl (C=O) groups is 3. The van der Waals surface area contributed by atoms with Crippen molar-refractivity contribution in [2.75, 3.05) is 44.7 Å². The number of tetrazole rings is 1. The number of aromatic nitrogens is 4. The molecule has 2 aliphatic rings. The maximum atomic E-state index is 13.4. The zero-order chi connectivity index (χ0) is 25.3. The Labute approximate surface area is 207 Å². The molecule has 12 nitrogen and oxygen atoms in total. The van der Waals surface area contributed by atoms with Crippen LogP contribution >= 0.6 is 0 Å². The lowest BCUT2D eigenvalue weighted by molar-refractivity contribution is -0.139. The van der Waals surface area contributed by atoms with Crippen molar-refractivity contribution in [3.8, 4) is 11.4 Å². The highest BCUT2D eigenvalue weighted by Gasteiger charge is 2.50. The number of nitrogens with one attached hydrogen (secondary N) is 1. The van der Waals surface area contributed by atoms with Crippen molar-refractivity contribution in [2.24, 2.45) is 0 Å². The van der Waals surface area contributed by atoms with Crippen LogP contribution in [0.5, 0.6) is 5.75 Å². The molecule has 2 saturated heterocycles. The minimum Gasteiger partial charge on any atom is -0.495 e. The maximum absolute atomic E-state index is 13.4. The molecule has 2 aromatic carbocycles. The molecule has 1 N–H and O–H groups in total. The van der Waals surface area contributed by atoms with Crippen molar-refractivity contribution in [1.29, 1.82) is 0 Å². The lowest BCUT2D eigenvalue weighted by atomic mass is 9.91. The summed E-state index contributed by atoms with van der Waals surface area (Å²) in [5.74, 6) is 0.0206. The fourth-order valence-electron chi connectivity index (χ4n) is 4.60. The molecule has 4 amide bonds. The zero-order valence-corrected chi connectivity index (χ0v) is 20.0. The molecule has 186 valence electrons.